The smallest absolute Gasteiger partial charge is 0.417 e. The Bertz CT molecular complexity index is 1070. The number of carbonyl (C=O) groups is 2. The number of ether oxygens (including phenoxy) is 3. The molecule has 6 nitrogen and oxygen atoms in total. The van der Waals surface area contributed by atoms with Crippen LogP contribution in [0.15, 0.2) is 58.8 Å². The number of hydrogen-bond acceptors (Lipinski definition) is 7. The number of carbonyl (C=O) groups excluding carboxylic acids is 2. The van der Waals surface area contributed by atoms with Crippen LogP contribution in [-0.4, -0.2) is 41.2 Å². The average Bonchev–Trinajstić information content (AvgIpc) is 3.42. The fourth-order valence-electron chi connectivity index (χ4n) is 4.27. The van der Waals surface area contributed by atoms with Crippen molar-refractivity contribution in [2.24, 2.45) is 5.92 Å². The monoisotopic (exact) mass is 483 g/mol. The summed E-state index contributed by atoms with van der Waals surface area (Å²) in [6.07, 6.45) is 2.59. The van der Waals surface area contributed by atoms with Crippen molar-refractivity contribution in [3.8, 4) is 11.5 Å². The fourth-order valence-corrected chi connectivity index (χ4v) is 6.79. The Balaban J connectivity index is 1.41. The number of amides is 2. The molecular formula is C25H25NO5S2. The third-order valence-electron chi connectivity index (χ3n) is 5.96. The topological polar surface area (TPSA) is 65.1 Å². The minimum Gasteiger partial charge on any atom is -0.454 e. The zero-order chi connectivity index (χ0) is 22.8. The Labute approximate surface area is 201 Å². The van der Waals surface area contributed by atoms with E-state index in [0.29, 0.717) is 17.9 Å². The molecule has 0 N–H and O–H groups in total. The van der Waals surface area contributed by atoms with Crippen molar-refractivity contribution in [1.29, 1.82) is 0 Å². The van der Waals surface area contributed by atoms with Gasteiger partial charge in [0.05, 0.1) is 12.0 Å². The Morgan fingerprint density at radius 3 is 2.67 bits per heavy atom. The first-order valence-electron chi connectivity index (χ1n) is 11.0. The summed E-state index contributed by atoms with van der Waals surface area (Å²) in [7, 11) is 0. The van der Waals surface area contributed by atoms with Crippen LogP contribution in [0, 0.1) is 5.92 Å². The highest BCUT2D eigenvalue weighted by molar-refractivity contribution is 8.22. The number of thioether (sulfide) groups is 2. The van der Waals surface area contributed by atoms with E-state index in [2.05, 4.69) is 0 Å². The first-order valence-corrected chi connectivity index (χ1v) is 13.0. The van der Waals surface area contributed by atoms with Crippen molar-refractivity contribution in [2.45, 2.75) is 31.9 Å². The summed E-state index contributed by atoms with van der Waals surface area (Å²) in [5, 5.41) is 0. The van der Waals surface area contributed by atoms with Gasteiger partial charge in [-0.1, -0.05) is 42.5 Å². The summed E-state index contributed by atoms with van der Waals surface area (Å²) in [5.41, 5.74) is 1.85. The van der Waals surface area contributed by atoms with Crippen LogP contribution < -0.4 is 9.47 Å². The standard InChI is InChI=1S/C25H25NO5S2/c1-16-23(18-6-3-2-4-7-18)31-25(28)26(16)24(27)19(14-22-32-10-5-11-33-22)12-17-8-9-20-21(13-17)30-15-29-20/h2-4,6-9,13-14,16,19,23H,5,10-12,15H2,1H3/t16-,19+,23-/m1/s1. The minimum atomic E-state index is -0.584. The van der Waals surface area contributed by atoms with Gasteiger partial charge in [0.2, 0.25) is 12.7 Å². The summed E-state index contributed by atoms with van der Waals surface area (Å²) in [6, 6.07) is 14.9. The number of fused-ring (bicyclic) bond motifs is 1. The Kier molecular flexibility index (Phi) is 6.55. The second-order valence-electron chi connectivity index (χ2n) is 8.20. The van der Waals surface area contributed by atoms with E-state index in [1.807, 2.05) is 61.5 Å². The lowest BCUT2D eigenvalue weighted by atomic mass is 9.96. The largest absolute Gasteiger partial charge is 0.454 e. The SMILES string of the molecule is C[C@@H]1[C@H](c2ccccc2)OC(=O)N1C(=O)[C@H](C=C1SCCCS1)Cc1ccc2c(c1)OCO2. The average molecular weight is 484 g/mol. The summed E-state index contributed by atoms with van der Waals surface area (Å²) in [4.78, 5) is 27.9. The van der Waals surface area contributed by atoms with E-state index < -0.39 is 24.2 Å². The van der Waals surface area contributed by atoms with E-state index in [9.17, 15) is 9.59 Å². The quantitative estimate of drug-likeness (QED) is 0.565. The van der Waals surface area contributed by atoms with Crippen molar-refractivity contribution >= 4 is 35.5 Å². The van der Waals surface area contributed by atoms with Gasteiger partial charge in [0, 0.05) is 4.24 Å². The van der Waals surface area contributed by atoms with Gasteiger partial charge in [0.15, 0.2) is 11.5 Å². The normalized spacial score (nSPS) is 22.8. The number of imide groups is 1. The van der Waals surface area contributed by atoms with Gasteiger partial charge < -0.3 is 14.2 Å². The summed E-state index contributed by atoms with van der Waals surface area (Å²) >= 11 is 3.55. The van der Waals surface area contributed by atoms with E-state index in [0.717, 1.165) is 33.3 Å². The van der Waals surface area contributed by atoms with Crippen LogP contribution >= 0.6 is 23.5 Å². The first-order chi connectivity index (χ1) is 16.1. The number of hydrogen-bond donors (Lipinski definition) is 0. The first kappa shape index (κ1) is 22.2. The fraction of sp³-hybridized carbons (Fsp3) is 0.360. The molecule has 172 valence electrons. The van der Waals surface area contributed by atoms with Crippen LogP contribution in [0.1, 0.15) is 30.6 Å². The van der Waals surface area contributed by atoms with Crippen LogP contribution in [0.2, 0.25) is 0 Å². The van der Waals surface area contributed by atoms with Gasteiger partial charge in [-0.2, -0.15) is 0 Å². The lowest BCUT2D eigenvalue weighted by Crippen LogP contribution is -2.41. The highest BCUT2D eigenvalue weighted by atomic mass is 32.2. The molecule has 3 atom stereocenters. The van der Waals surface area contributed by atoms with Crippen LogP contribution in [0.25, 0.3) is 0 Å². The van der Waals surface area contributed by atoms with Crippen LogP contribution in [0.4, 0.5) is 4.79 Å². The number of cyclic esters (lactones) is 1. The number of nitrogens with zero attached hydrogens (tertiary/aromatic N) is 1. The molecule has 3 aliphatic heterocycles. The molecule has 3 heterocycles. The molecule has 2 aromatic carbocycles. The van der Waals surface area contributed by atoms with Crippen molar-refractivity contribution in [3.05, 3.63) is 70.0 Å². The van der Waals surface area contributed by atoms with Crippen molar-refractivity contribution in [1.82, 2.24) is 4.90 Å². The second kappa shape index (κ2) is 9.73. The van der Waals surface area contributed by atoms with Crippen LogP contribution in [0.3, 0.4) is 0 Å². The molecule has 0 aromatic heterocycles. The Hall–Kier alpha value is -2.58. The van der Waals surface area contributed by atoms with Crippen molar-refractivity contribution < 1.29 is 23.8 Å². The van der Waals surface area contributed by atoms with Crippen LogP contribution in [0.5, 0.6) is 11.5 Å². The van der Waals surface area contributed by atoms with Gasteiger partial charge >= 0.3 is 6.09 Å². The van der Waals surface area contributed by atoms with Crippen molar-refractivity contribution in [3.63, 3.8) is 0 Å². The van der Waals surface area contributed by atoms with Gasteiger partial charge in [0.25, 0.3) is 0 Å². The zero-order valence-corrected chi connectivity index (χ0v) is 19.9. The lowest BCUT2D eigenvalue weighted by Gasteiger charge is -2.24. The van der Waals surface area contributed by atoms with Gasteiger partial charge in [-0.25, -0.2) is 9.69 Å². The van der Waals surface area contributed by atoms with Crippen LogP contribution in [-0.2, 0) is 16.0 Å². The molecule has 5 rings (SSSR count). The number of benzene rings is 2. The van der Waals surface area contributed by atoms with Crippen molar-refractivity contribution in [2.75, 3.05) is 18.3 Å². The third kappa shape index (κ3) is 4.73. The summed E-state index contributed by atoms with van der Waals surface area (Å²) in [6.45, 7) is 2.08. The molecule has 0 unspecified atom stereocenters. The molecule has 2 amide bonds. The molecule has 0 bridgehead atoms. The maximum atomic E-state index is 13.8. The zero-order valence-electron chi connectivity index (χ0n) is 18.3. The molecule has 2 fully saturated rings. The summed E-state index contributed by atoms with van der Waals surface area (Å²) in [5.74, 6) is 2.77. The maximum absolute atomic E-state index is 13.8. The van der Waals surface area contributed by atoms with E-state index in [1.165, 1.54) is 4.90 Å². The van der Waals surface area contributed by atoms with Gasteiger partial charge in [0.1, 0.15) is 6.10 Å². The third-order valence-corrected chi connectivity index (χ3v) is 8.49. The van der Waals surface area contributed by atoms with E-state index in [1.54, 1.807) is 23.5 Å². The predicted octanol–water partition coefficient (Wildman–Crippen LogP) is 5.39. The molecule has 8 heteroatoms. The number of rotatable bonds is 5. The molecule has 0 radical (unpaired) electrons. The maximum Gasteiger partial charge on any atom is 0.417 e. The molecule has 0 spiro atoms. The molecule has 2 saturated heterocycles. The van der Waals surface area contributed by atoms with Gasteiger partial charge in [-0.15, -0.1) is 23.5 Å². The Morgan fingerprint density at radius 1 is 1.12 bits per heavy atom. The van der Waals surface area contributed by atoms with Gasteiger partial charge in [-0.05, 0) is 54.5 Å². The summed E-state index contributed by atoms with van der Waals surface area (Å²) < 4.78 is 17.7. The second-order valence-corrected chi connectivity index (χ2v) is 10.7. The predicted molar refractivity (Wildman–Crippen MR) is 129 cm³/mol. The molecular weight excluding hydrogens is 458 g/mol. The Morgan fingerprint density at radius 2 is 1.88 bits per heavy atom. The molecule has 0 aliphatic carbocycles. The lowest BCUT2D eigenvalue weighted by molar-refractivity contribution is -0.131. The van der Waals surface area contributed by atoms with Gasteiger partial charge in [-0.3, -0.25) is 4.79 Å². The highest BCUT2D eigenvalue weighted by Gasteiger charge is 2.45. The minimum absolute atomic E-state index is 0.205. The van der Waals surface area contributed by atoms with E-state index in [4.69, 9.17) is 14.2 Å². The van der Waals surface area contributed by atoms with E-state index in [-0.39, 0.29) is 12.7 Å². The molecule has 2 aromatic rings. The molecule has 0 saturated carbocycles. The molecule has 3 aliphatic rings. The molecule has 33 heavy (non-hydrogen) atoms. The highest BCUT2D eigenvalue weighted by Crippen LogP contribution is 2.39. The van der Waals surface area contributed by atoms with E-state index >= 15 is 0 Å².